The first-order valence-electron chi connectivity index (χ1n) is 9.41. The maximum absolute atomic E-state index is 4.69. The summed E-state index contributed by atoms with van der Waals surface area (Å²) in [5.74, 6) is 1.15. The van der Waals surface area contributed by atoms with Gasteiger partial charge in [0.1, 0.15) is 5.82 Å². The topological polar surface area (TPSA) is 32.3 Å². The van der Waals surface area contributed by atoms with Crippen LogP contribution in [0.1, 0.15) is 36.9 Å². The Morgan fingerprint density at radius 2 is 1.84 bits per heavy atom. The monoisotopic (exact) mass is 336 g/mol. The molecule has 2 fully saturated rings. The van der Waals surface area contributed by atoms with E-state index < -0.39 is 0 Å². The second-order valence-electron chi connectivity index (χ2n) is 7.96. The Bertz CT molecular complexity index is 699. The van der Waals surface area contributed by atoms with Crippen molar-refractivity contribution in [1.82, 2.24) is 14.9 Å². The molecule has 2 aliphatic rings. The Morgan fingerprint density at radius 3 is 2.52 bits per heavy atom. The Balaban J connectivity index is 1.29. The van der Waals surface area contributed by atoms with Gasteiger partial charge in [-0.05, 0) is 74.9 Å². The highest BCUT2D eigenvalue weighted by molar-refractivity contribution is 5.40. The second-order valence-corrected chi connectivity index (χ2v) is 7.96. The number of aryl methyl sites for hydroxylation is 1. The fraction of sp³-hybridized carbons (Fsp3) is 0.524. The lowest BCUT2D eigenvalue weighted by Crippen LogP contribution is -2.54. The number of hydrogen-bond acceptors (Lipinski definition) is 4. The van der Waals surface area contributed by atoms with Gasteiger partial charge in [-0.1, -0.05) is 6.07 Å². The maximum Gasteiger partial charge on any atom is 0.128 e. The molecule has 0 N–H and O–H groups in total. The van der Waals surface area contributed by atoms with Crippen molar-refractivity contribution in [2.45, 2.75) is 45.2 Å². The van der Waals surface area contributed by atoms with Crippen LogP contribution in [0.15, 0.2) is 42.7 Å². The molecule has 0 aromatic carbocycles. The molecule has 0 atom stereocenters. The van der Waals surface area contributed by atoms with Gasteiger partial charge in [0.15, 0.2) is 0 Å². The van der Waals surface area contributed by atoms with Gasteiger partial charge >= 0.3 is 0 Å². The van der Waals surface area contributed by atoms with E-state index in [4.69, 9.17) is 4.98 Å². The summed E-state index contributed by atoms with van der Waals surface area (Å²) < 4.78 is 0. The predicted octanol–water partition coefficient (Wildman–Crippen LogP) is 3.67. The SMILES string of the molecule is Cc1cccc(N2CCC3(CC2)CC(N(C)Cc2ccncc2)C3)n1. The van der Waals surface area contributed by atoms with E-state index in [9.17, 15) is 0 Å². The van der Waals surface area contributed by atoms with Crippen LogP contribution >= 0.6 is 0 Å². The number of nitrogens with zero attached hydrogens (tertiary/aromatic N) is 4. The lowest BCUT2D eigenvalue weighted by molar-refractivity contribution is -0.00876. The van der Waals surface area contributed by atoms with Gasteiger partial charge in [-0.2, -0.15) is 0 Å². The molecule has 4 heteroatoms. The van der Waals surface area contributed by atoms with Gasteiger partial charge in [0.25, 0.3) is 0 Å². The number of aromatic nitrogens is 2. The fourth-order valence-corrected chi connectivity index (χ4v) is 4.48. The highest BCUT2D eigenvalue weighted by Crippen LogP contribution is 2.51. The van der Waals surface area contributed by atoms with E-state index in [1.165, 1.54) is 31.2 Å². The van der Waals surface area contributed by atoms with Crippen LogP contribution in [0, 0.1) is 12.3 Å². The quantitative estimate of drug-likeness (QED) is 0.853. The zero-order valence-electron chi connectivity index (χ0n) is 15.4. The molecular weight excluding hydrogens is 308 g/mol. The average Bonchev–Trinajstić information content (AvgIpc) is 2.60. The average molecular weight is 336 g/mol. The van der Waals surface area contributed by atoms with Crippen LogP contribution in [0.5, 0.6) is 0 Å². The van der Waals surface area contributed by atoms with Gasteiger partial charge in [-0.3, -0.25) is 9.88 Å². The molecule has 1 saturated heterocycles. The van der Waals surface area contributed by atoms with Crippen molar-refractivity contribution in [3.63, 3.8) is 0 Å². The van der Waals surface area contributed by atoms with Crippen LogP contribution in [0.25, 0.3) is 0 Å². The smallest absolute Gasteiger partial charge is 0.128 e. The fourth-order valence-electron chi connectivity index (χ4n) is 4.48. The number of piperidine rings is 1. The van der Waals surface area contributed by atoms with Crippen LogP contribution < -0.4 is 4.90 Å². The predicted molar refractivity (Wildman–Crippen MR) is 102 cm³/mol. The first-order chi connectivity index (χ1) is 12.1. The van der Waals surface area contributed by atoms with Gasteiger partial charge in [0.05, 0.1) is 0 Å². The van der Waals surface area contributed by atoms with Crippen molar-refractivity contribution >= 4 is 5.82 Å². The van der Waals surface area contributed by atoms with E-state index in [0.717, 1.165) is 37.2 Å². The summed E-state index contributed by atoms with van der Waals surface area (Å²) >= 11 is 0. The number of hydrogen-bond donors (Lipinski definition) is 0. The molecule has 2 aromatic rings. The summed E-state index contributed by atoms with van der Waals surface area (Å²) in [6.45, 7) is 5.40. The van der Waals surface area contributed by atoms with E-state index in [2.05, 4.69) is 59.1 Å². The van der Waals surface area contributed by atoms with Gasteiger partial charge in [-0.15, -0.1) is 0 Å². The van der Waals surface area contributed by atoms with Crippen LogP contribution in [-0.2, 0) is 6.54 Å². The van der Waals surface area contributed by atoms with Crippen molar-refractivity contribution in [1.29, 1.82) is 0 Å². The van der Waals surface area contributed by atoms with E-state index >= 15 is 0 Å². The third-order valence-electron chi connectivity index (χ3n) is 6.16. The number of anilines is 1. The Kier molecular flexibility index (Phi) is 4.46. The molecule has 4 rings (SSSR count). The molecule has 0 unspecified atom stereocenters. The lowest BCUT2D eigenvalue weighted by atomic mass is 9.60. The van der Waals surface area contributed by atoms with Crippen LogP contribution in [-0.4, -0.2) is 41.0 Å². The molecule has 132 valence electrons. The van der Waals surface area contributed by atoms with Crippen molar-refractivity contribution < 1.29 is 0 Å². The Morgan fingerprint density at radius 1 is 1.12 bits per heavy atom. The van der Waals surface area contributed by atoms with E-state index in [0.29, 0.717) is 5.41 Å². The largest absolute Gasteiger partial charge is 0.357 e. The van der Waals surface area contributed by atoms with Crippen LogP contribution in [0.3, 0.4) is 0 Å². The van der Waals surface area contributed by atoms with Crippen molar-refractivity contribution in [3.8, 4) is 0 Å². The molecule has 0 amide bonds. The summed E-state index contributed by atoms with van der Waals surface area (Å²) in [5, 5.41) is 0. The minimum atomic E-state index is 0.581. The minimum absolute atomic E-state index is 0.581. The standard InChI is InChI=1S/C21H28N4/c1-17-4-3-5-20(23-17)25-12-8-21(9-13-25)14-19(15-21)24(2)16-18-6-10-22-11-7-18/h3-7,10-11,19H,8-9,12-16H2,1-2H3. The second kappa shape index (κ2) is 6.75. The lowest BCUT2D eigenvalue weighted by Gasteiger charge is -2.55. The molecule has 0 bridgehead atoms. The summed E-state index contributed by atoms with van der Waals surface area (Å²) in [6.07, 6.45) is 9.10. The normalized spacial score (nSPS) is 20.0. The summed E-state index contributed by atoms with van der Waals surface area (Å²) in [6, 6.07) is 11.3. The zero-order valence-corrected chi connectivity index (χ0v) is 15.4. The van der Waals surface area contributed by atoms with E-state index in [-0.39, 0.29) is 0 Å². The third-order valence-corrected chi connectivity index (χ3v) is 6.16. The number of rotatable bonds is 4. The van der Waals surface area contributed by atoms with Crippen LogP contribution in [0.2, 0.25) is 0 Å². The third kappa shape index (κ3) is 3.54. The summed E-state index contributed by atoms with van der Waals surface area (Å²) in [4.78, 5) is 13.8. The van der Waals surface area contributed by atoms with Crippen molar-refractivity contribution in [2.24, 2.45) is 5.41 Å². The summed E-state index contributed by atoms with van der Waals surface area (Å²) in [7, 11) is 2.27. The van der Waals surface area contributed by atoms with E-state index in [1.807, 2.05) is 12.4 Å². The Labute approximate surface area is 150 Å². The molecule has 25 heavy (non-hydrogen) atoms. The highest BCUT2D eigenvalue weighted by Gasteiger charge is 2.47. The van der Waals surface area contributed by atoms with Gasteiger partial charge in [0.2, 0.25) is 0 Å². The van der Waals surface area contributed by atoms with E-state index in [1.54, 1.807) is 0 Å². The minimum Gasteiger partial charge on any atom is -0.357 e. The van der Waals surface area contributed by atoms with Crippen molar-refractivity contribution in [2.75, 3.05) is 25.0 Å². The first-order valence-corrected chi connectivity index (χ1v) is 9.41. The molecule has 1 spiro atoms. The first kappa shape index (κ1) is 16.5. The molecule has 3 heterocycles. The van der Waals surface area contributed by atoms with Gasteiger partial charge < -0.3 is 4.90 Å². The molecule has 4 nitrogen and oxygen atoms in total. The summed E-state index contributed by atoms with van der Waals surface area (Å²) in [5.41, 5.74) is 3.05. The molecule has 1 aliphatic heterocycles. The Hall–Kier alpha value is -1.94. The van der Waals surface area contributed by atoms with Gasteiger partial charge in [0, 0.05) is 43.8 Å². The molecule has 1 aliphatic carbocycles. The molecule has 2 aromatic heterocycles. The maximum atomic E-state index is 4.69. The zero-order chi connectivity index (χ0) is 17.3. The van der Waals surface area contributed by atoms with Gasteiger partial charge in [-0.25, -0.2) is 4.98 Å². The van der Waals surface area contributed by atoms with Crippen LogP contribution in [0.4, 0.5) is 5.82 Å². The van der Waals surface area contributed by atoms with Crippen molar-refractivity contribution in [3.05, 3.63) is 54.0 Å². The highest BCUT2D eigenvalue weighted by atomic mass is 15.2. The molecule has 0 radical (unpaired) electrons. The molecule has 1 saturated carbocycles. The number of pyridine rings is 2. The molecular formula is C21H28N4.